The van der Waals surface area contributed by atoms with Gasteiger partial charge in [0.25, 0.3) is 0 Å². The first-order valence-electron chi connectivity index (χ1n) is 7.01. The number of aromatic nitrogens is 2. The van der Waals surface area contributed by atoms with Gasteiger partial charge in [-0.05, 0) is 30.9 Å². The van der Waals surface area contributed by atoms with E-state index in [2.05, 4.69) is 29.5 Å². The molecule has 3 nitrogen and oxygen atoms in total. The fraction of sp³-hybridized carbons (Fsp3) is 0.533. The Labute approximate surface area is 108 Å². The van der Waals surface area contributed by atoms with Gasteiger partial charge in [-0.3, -0.25) is 0 Å². The Morgan fingerprint density at radius 1 is 1.44 bits per heavy atom. The predicted molar refractivity (Wildman–Crippen MR) is 73.5 cm³/mol. The van der Waals surface area contributed by atoms with Gasteiger partial charge in [0.1, 0.15) is 0 Å². The third kappa shape index (κ3) is 2.56. The molecule has 1 fully saturated rings. The Kier molecular flexibility index (Phi) is 3.33. The highest BCUT2D eigenvalue weighted by Crippen LogP contribution is 2.34. The third-order valence-corrected chi connectivity index (χ3v) is 3.90. The number of hydrogen-bond acceptors (Lipinski definition) is 2. The topological polar surface area (TPSA) is 29.3 Å². The van der Waals surface area contributed by atoms with Gasteiger partial charge >= 0.3 is 0 Å². The standard InChI is InChI=1S/C15H21N3/c1-2-14(9-12-6-7-12)16-10-13-11-17-18-8-4-3-5-15(13)18/h3-5,8,11-12,14,16H,2,6-7,9-10H2,1H3. The Morgan fingerprint density at radius 2 is 2.33 bits per heavy atom. The second kappa shape index (κ2) is 5.11. The van der Waals surface area contributed by atoms with E-state index in [0.717, 1.165) is 12.5 Å². The summed E-state index contributed by atoms with van der Waals surface area (Å²) in [6.45, 7) is 3.20. The Hall–Kier alpha value is -1.35. The molecule has 1 N–H and O–H groups in total. The lowest BCUT2D eigenvalue weighted by Gasteiger charge is -2.16. The van der Waals surface area contributed by atoms with Crippen molar-refractivity contribution in [2.45, 2.75) is 45.2 Å². The van der Waals surface area contributed by atoms with Crippen LogP contribution >= 0.6 is 0 Å². The van der Waals surface area contributed by atoms with Crippen LogP contribution in [0.15, 0.2) is 30.6 Å². The minimum atomic E-state index is 0.663. The molecule has 2 aromatic rings. The van der Waals surface area contributed by atoms with Gasteiger partial charge in [0.15, 0.2) is 0 Å². The van der Waals surface area contributed by atoms with Gasteiger partial charge in [-0.2, -0.15) is 5.10 Å². The fourth-order valence-electron chi connectivity index (χ4n) is 2.53. The van der Waals surface area contributed by atoms with Gasteiger partial charge in [-0.15, -0.1) is 0 Å². The summed E-state index contributed by atoms with van der Waals surface area (Å²) in [5, 5.41) is 8.05. The normalized spacial score (nSPS) is 17.2. The van der Waals surface area contributed by atoms with E-state index in [1.54, 1.807) is 0 Å². The molecular weight excluding hydrogens is 222 g/mol. The molecule has 1 saturated carbocycles. The van der Waals surface area contributed by atoms with Crippen molar-refractivity contribution in [2.24, 2.45) is 5.92 Å². The zero-order chi connectivity index (χ0) is 12.4. The fourth-order valence-corrected chi connectivity index (χ4v) is 2.53. The largest absolute Gasteiger partial charge is 0.310 e. The van der Waals surface area contributed by atoms with E-state index < -0.39 is 0 Å². The maximum atomic E-state index is 4.37. The van der Waals surface area contributed by atoms with E-state index in [1.807, 2.05) is 23.0 Å². The van der Waals surface area contributed by atoms with Crippen molar-refractivity contribution in [2.75, 3.05) is 0 Å². The van der Waals surface area contributed by atoms with Gasteiger partial charge < -0.3 is 5.32 Å². The minimum Gasteiger partial charge on any atom is -0.310 e. The molecule has 3 heteroatoms. The summed E-state index contributed by atoms with van der Waals surface area (Å²) in [4.78, 5) is 0. The number of hydrogen-bond donors (Lipinski definition) is 1. The van der Waals surface area contributed by atoms with Gasteiger partial charge in [-0.1, -0.05) is 25.8 Å². The van der Waals surface area contributed by atoms with E-state index in [9.17, 15) is 0 Å². The molecular formula is C15H21N3. The van der Waals surface area contributed by atoms with Crippen molar-refractivity contribution >= 4 is 5.52 Å². The van der Waals surface area contributed by atoms with E-state index in [1.165, 1.54) is 36.8 Å². The van der Waals surface area contributed by atoms with Crippen molar-refractivity contribution in [3.05, 3.63) is 36.2 Å². The highest BCUT2D eigenvalue weighted by Gasteiger charge is 2.24. The maximum Gasteiger partial charge on any atom is 0.0706 e. The lowest BCUT2D eigenvalue weighted by Crippen LogP contribution is -2.28. The molecule has 2 heterocycles. The van der Waals surface area contributed by atoms with Crippen LogP contribution in [0.3, 0.4) is 0 Å². The second-order valence-corrected chi connectivity index (χ2v) is 5.37. The number of nitrogens with one attached hydrogen (secondary N) is 1. The van der Waals surface area contributed by atoms with Crippen molar-refractivity contribution in [1.29, 1.82) is 0 Å². The average Bonchev–Trinajstić information content (AvgIpc) is 3.13. The molecule has 1 atom stereocenters. The predicted octanol–water partition coefficient (Wildman–Crippen LogP) is 3.00. The summed E-state index contributed by atoms with van der Waals surface area (Å²) in [6, 6.07) is 6.88. The molecule has 3 rings (SSSR count). The minimum absolute atomic E-state index is 0.663. The van der Waals surface area contributed by atoms with Gasteiger partial charge in [0, 0.05) is 24.3 Å². The van der Waals surface area contributed by atoms with Crippen molar-refractivity contribution in [1.82, 2.24) is 14.9 Å². The van der Waals surface area contributed by atoms with Crippen LogP contribution in [0, 0.1) is 5.92 Å². The Bertz CT molecular complexity index is 513. The smallest absolute Gasteiger partial charge is 0.0706 e. The molecule has 1 unspecified atom stereocenters. The van der Waals surface area contributed by atoms with E-state index >= 15 is 0 Å². The lowest BCUT2D eigenvalue weighted by atomic mass is 10.1. The zero-order valence-corrected chi connectivity index (χ0v) is 11.0. The molecule has 1 aliphatic rings. The molecule has 1 aliphatic carbocycles. The molecule has 0 aromatic carbocycles. The van der Waals surface area contributed by atoms with Gasteiger partial charge in [-0.25, -0.2) is 4.52 Å². The van der Waals surface area contributed by atoms with Gasteiger partial charge in [0.2, 0.25) is 0 Å². The first-order chi connectivity index (χ1) is 8.86. The quantitative estimate of drug-likeness (QED) is 0.845. The summed E-state index contributed by atoms with van der Waals surface area (Å²) in [6.07, 6.45) is 9.42. The van der Waals surface area contributed by atoms with Crippen LogP contribution in [-0.2, 0) is 6.54 Å². The monoisotopic (exact) mass is 243 g/mol. The summed E-state index contributed by atoms with van der Waals surface area (Å²) in [5.74, 6) is 0.992. The summed E-state index contributed by atoms with van der Waals surface area (Å²) >= 11 is 0. The number of rotatable bonds is 6. The molecule has 0 spiro atoms. The van der Waals surface area contributed by atoms with E-state index in [0.29, 0.717) is 6.04 Å². The summed E-state index contributed by atoms with van der Waals surface area (Å²) in [7, 11) is 0. The number of fused-ring (bicyclic) bond motifs is 1. The molecule has 0 bridgehead atoms. The van der Waals surface area contributed by atoms with E-state index in [4.69, 9.17) is 0 Å². The van der Waals surface area contributed by atoms with Crippen molar-refractivity contribution < 1.29 is 0 Å². The highest BCUT2D eigenvalue weighted by atomic mass is 15.2. The summed E-state index contributed by atoms with van der Waals surface area (Å²) < 4.78 is 1.94. The van der Waals surface area contributed by atoms with Crippen LogP contribution in [0.25, 0.3) is 5.52 Å². The third-order valence-electron chi connectivity index (χ3n) is 3.90. The van der Waals surface area contributed by atoms with Crippen LogP contribution in [0.1, 0.15) is 38.2 Å². The molecule has 0 amide bonds. The van der Waals surface area contributed by atoms with Crippen LogP contribution in [-0.4, -0.2) is 15.7 Å². The second-order valence-electron chi connectivity index (χ2n) is 5.37. The van der Waals surface area contributed by atoms with Crippen LogP contribution in [0.4, 0.5) is 0 Å². The Balaban J connectivity index is 1.64. The average molecular weight is 243 g/mol. The summed E-state index contributed by atoms with van der Waals surface area (Å²) in [5.41, 5.74) is 2.51. The molecule has 2 aromatic heterocycles. The van der Waals surface area contributed by atoms with Crippen molar-refractivity contribution in [3.63, 3.8) is 0 Å². The Morgan fingerprint density at radius 3 is 3.11 bits per heavy atom. The molecule has 96 valence electrons. The first-order valence-corrected chi connectivity index (χ1v) is 7.01. The molecule has 18 heavy (non-hydrogen) atoms. The van der Waals surface area contributed by atoms with E-state index in [-0.39, 0.29) is 0 Å². The highest BCUT2D eigenvalue weighted by molar-refractivity contribution is 5.53. The number of pyridine rings is 1. The van der Waals surface area contributed by atoms with Crippen molar-refractivity contribution in [3.8, 4) is 0 Å². The lowest BCUT2D eigenvalue weighted by molar-refractivity contribution is 0.445. The van der Waals surface area contributed by atoms with Crippen LogP contribution in [0.5, 0.6) is 0 Å². The maximum absolute atomic E-state index is 4.37. The first kappa shape index (κ1) is 11.7. The molecule has 0 radical (unpaired) electrons. The van der Waals surface area contributed by atoms with Crippen LogP contribution < -0.4 is 5.32 Å². The number of nitrogens with zero attached hydrogens (tertiary/aromatic N) is 2. The zero-order valence-electron chi connectivity index (χ0n) is 11.0. The molecule has 0 aliphatic heterocycles. The molecule has 0 saturated heterocycles. The van der Waals surface area contributed by atoms with Crippen LogP contribution in [0.2, 0.25) is 0 Å². The SMILES string of the molecule is CCC(CC1CC1)NCc1cnn2ccccc12. The van der Waals surface area contributed by atoms with Gasteiger partial charge in [0.05, 0.1) is 11.7 Å².